The second-order valence-corrected chi connectivity index (χ2v) is 13.3. The van der Waals surface area contributed by atoms with E-state index in [4.69, 9.17) is 39.0 Å². The number of nitrogen functional groups attached to an aromatic ring is 2. The Kier molecular flexibility index (Phi) is 7.30. The van der Waals surface area contributed by atoms with Crippen molar-refractivity contribution in [1.29, 1.82) is 0 Å². The van der Waals surface area contributed by atoms with Crippen LogP contribution >= 0.6 is 15.6 Å². The van der Waals surface area contributed by atoms with Crippen LogP contribution in [0.2, 0.25) is 0 Å². The molecule has 10 unspecified atom stereocenters. The summed E-state index contributed by atoms with van der Waals surface area (Å²) in [7, 11) is -9.91. The van der Waals surface area contributed by atoms with Gasteiger partial charge in [-0.3, -0.25) is 37.0 Å². The summed E-state index contributed by atoms with van der Waals surface area (Å²) >= 11 is 0. The normalized spacial score (nSPS) is 37.7. The zero-order valence-electron chi connectivity index (χ0n) is 23.0. The van der Waals surface area contributed by atoms with Gasteiger partial charge in [-0.25, -0.2) is 29.1 Å². The maximum absolute atomic E-state index is 13.3. The van der Waals surface area contributed by atoms with E-state index in [-0.39, 0.29) is 34.1 Å². The molecular formula is C21H26N10O12P2. The number of aliphatic hydroxyl groups excluding tert-OH is 1. The van der Waals surface area contributed by atoms with E-state index in [0.29, 0.717) is 0 Å². The van der Waals surface area contributed by atoms with Gasteiger partial charge in [0.1, 0.15) is 36.3 Å². The number of phosphoric ester groups is 2. The van der Waals surface area contributed by atoms with Crippen molar-refractivity contribution in [2.24, 2.45) is 5.92 Å². The molecule has 0 saturated carbocycles. The van der Waals surface area contributed by atoms with Crippen LogP contribution in [0.5, 0.6) is 0 Å². The molecule has 45 heavy (non-hydrogen) atoms. The molecule has 4 aromatic heterocycles. The summed E-state index contributed by atoms with van der Waals surface area (Å²) < 4.78 is 62.3. The van der Waals surface area contributed by atoms with Crippen molar-refractivity contribution < 1.29 is 51.6 Å². The van der Waals surface area contributed by atoms with Gasteiger partial charge in [0.15, 0.2) is 35.1 Å². The lowest BCUT2D eigenvalue weighted by molar-refractivity contribution is -0.0671. The van der Waals surface area contributed by atoms with Crippen molar-refractivity contribution >= 4 is 49.7 Å². The number of aromatic amines is 1. The summed E-state index contributed by atoms with van der Waals surface area (Å²) in [5.74, 6) is -0.939. The second kappa shape index (κ2) is 10.9. The molecule has 0 spiro atoms. The zero-order chi connectivity index (χ0) is 31.8. The van der Waals surface area contributed by atoms with E-state index >= 15 is 0 Å². The molecule has 7 heterocycles. The molecule has 242 valence electrons. The van der Waals surface area contributed by atoms with Crippen molar-refractivity contribution in [3.63, 3.8) is 0 Å². The van der Waals surface area contributed by atoms with Crippen LogP contribution < -0.4 is 17.0 Å². The van der Waals surface area contributed by atoms with E-state index in [1.165, 1.54) is 28.1 Å². The molecule has 3 fully saturated rings. The predicted molar refractivity (Wildman–Crippen MR) is 147 cm³/mol. The Bertz CT molecular complexity index is 1940. The van der Waals surface area contributed by atoms with Crippen LogP contribution in [0.15, 0.2) is 23.8 Å². The first kappa shape index (κ1) is 30.3. The number of nitrogens with two attached hydrogens (primary N) is 2. The van der Waals surface area contributed by atoms with Crippen LogP contribution in [0.25, 0.3) is 22.3 Å². The highest BCUT2D eigenvalue weighted by atomic mass is 31.2. The number of nitrogens with zero attached hydrogens (tertiary/aromatic N) is 7. The minimum atomic E-state index is -4.95. The van der Waals surface area contributed by atoms with Crippen molar-refractivity contribution in [2.45, 2.75) is 49.9 Å². The highest BCUT2D eigenvalue weighted by Gasteiger charge is 2.53. The molecule has 3 saturated heterocycles. The van der Waals surface area contributed by atoms with Crippen LogP contribution in [0.1, 0.15) is 19.4 Å². The zero-order valence-corrected chi connectivity index (χ0v) is 24.7. The summed E-state index contributed by atoms with van der Waals surface area (Å²) in [6.45, 7) is 0.255. The van der Waals surface area contributed by atoms with Crippen LogP contribution in [0.4, 0.5) is 11.8 Å². The van der Waals surface area contributed by atoms with Crippen molar-refractivity contribution in [2.75, 3.05) is 24.7 Å². The summed E-state index contributed by atoms with van der Waals surface area (Å²) in [6.07, 6.45) is -5.93. The van der Waals surface area contributed by atoms with Gasteiger partial charge >= 0.3 is 15.6 Å². The Balaban J connectivity index is 1.21. The number of fused-ring (bicyclic) bond motifs is 5. The quantitative estimate of drug-likeness (QED) is 0.138. The van der Waals surface area contributed by atoms with Crippen molar-refractivity contribution in [3.8, 4) is 0 Å². The second-order valence-electron chi connectivity index (χ2n) is 10.5. The molecule has 10 atom stereocenters. The molecule has 7 rings (SSSR count). The number of H-pyrrole nitrogens is 1. The molecule has 24 heteroatoms. The molecule has 0 amide bonds. The van der Waals surface area contributed by atoms with E-state index in [1.807, 2.05) is 0 Å². The third-order valence-electron chi connectivity index (χ3n) is 7.71. The van der Waals surface area contributed by atoms with E-state index in [1.54, 1.807) is 6.92 Å². The first-order chi connectivity index (χ1) is 21.3. The third-order valence-corrected chi connectivity index (χ3v) is 9.68. The molecule has 3 aliphatic heterocycles. The van der Waals surface area contributed by atoms with Gasteiger partial charge in [-0.15, -0.1) is 0 Å². The lowest BCUT2D eigenvalue weighted by Gasteiger charge is -2.26. The van der Waals surface area contributed by atoms with E-state index in [9.17, 15) is 28.8 Å². The van der Waals surface area contributed by atoms with Crippen LogP contribution in [-0.2, 0) is 36.7 Å². The van der Waals surface area contributed by atoms with E-state index < -0.39 is 83.3 Å². The third kappa shape index (κ3) is 5.32. The molecule has 2 bridgehead atoms. The minimum absolute atomic E-state index is 0.0177. The highest BCUT2D eigenvalue weighted by molar-refractivity contribution is 7.47. The van der Waals surface area contributed by atoms with Crippen LogP contribution in [-0.4, -0.2) is 97.7 Å². The molecule has 4 aromatic rings. The average Bonchev–Trinajstić information content (AvgIpc) is 3.72. The first-order valence-electron chi connectivity index (χ1n) is 13.3. The predicted octanol–water partition coefficient (Wildman–Crippen LogP) is -1.07. The van der Waals surface area contributed by atoms with Gasteiger partial charge in [0, 0.05) is 5.92 Å². The summed E-state index contributed by atoms with van der Waals surface area (Å²) in [6, 6.07) is 0. The molecule has 0 radical (unpaired) electrons. The number of aliphatic hydroxyl groups is 1. The smallest absolute Gasteiger partial charge is 0.386 e. The maximum atomic E-state index is 13.3. The van der Waals surface area contributed by atoms with Gasteiger partial charge < -0.3 is 35.8 Å². The minimum Gasteiger partial charge on any atom is -0.386 e. The lowest BCUT2D eigenvalue weighted by atomic mass is 10.0. The van der Waals surface area contributed by atoms with Gasteiger partial charge in [0.2, 0.25) is 5.95 Å². The molecule has 8 N–H and O–H groups in total. The first-order valence-corrected chi connectivity index (χ1v) is 16.3. The number of aromatic nitrogens is 8. The molecular weight excluding hydrogens is 646 g/mol. The molecule has 3 aliphatic rings. The number of ether oxygens (including phenoxy) is 2. The molecule has 0 aromatic carbocycles. The summed E-state index contributed by atoms with van der Waals surface area (Å²) in [4.78, 5) is 56.3. The van der Waals surface area contributed by atoms with Gasteiger partial charge in [-0.05, 0) is 0 Å². The number of hydrogen-bond donors (Lipinski definition) is 6. The Hall–Kier alpha value is -3.40. The topological polar surface area (TPSA) is 309 Å². The van der Waals surface area contributed by atoms with Crippen molar-refractivity contribution in [3.05, 3.63) is 29.3 Å². The van der Waals surface area contributed by atoms with Crippen molar-refractivity contribution in [1.82, 2.24) is 39.0 Å². The SMILES string of the molecule is CC1C2COP(=O)(O)OC3C(COP(=O)(O)OC1C(n1cnc4c(=O)[nH]c(N)nc41)O2)OC(n1cnc2c(N)ncnc21)C3O. The Morgan fingerprint density at radius 1 is 0.889 bits per heavy atom. The summed E-state index contributed by atoms with van der Waals surface area (Å²) in [5, 5.41) is 11.2. The number of rotatable bonds is 2. The van der Waals surface area contributed by atoms with Gasteiger partial charge in [-0.2, -0.15) is 4.98 Å². The fraction of sp³-hybridized carbons (Fsp3) is 0.524. The largest absolute Gasteiger partial charge is 0.472 e. The van der Waals surface area contributed by atoms with Gasteiger partial charge in [0.25, 0.3) is 5.56 Å². The summed E-state index contributed by atoms with van der Waals surface area (Å²) in [5.41, 5.74) is 11.2. The Labute approximate surface area is 250 Å². The van der Waals surface area contributed by atoms with Gasteiger partial charge in [0.05, 0.1) is 32.0 Å². The number of anilines is 2. The molecule has 22 nitrogen and oxygen atoms in total. The van der Waals surface area contributed by atoms with Crippen LogP contribution in [0.3, 0.4) is 0 Å². The molecule has 0 aliphatic carbocycles. The standard InChI is InChI=1S/C21H26N10O12P2/c1-7-8-2-38-45(36,37)43-14-9(41-19(12(14)32)30-5-26-10-15(22)24-4-25-16(10)30)3-39-44(34,35)42-13(7)20(40-8)31-6-27-11-17(31)28-21(23)29-18(11)33/h4-9,12-14,19-20,32H,2-3H2,1H3,(H,34,35)(H,36,37)(H2,22,24,25)(H3,23,28,29,33). The number of phosphoric acid groups is 2. The maximum Gasteiger partial charge on any atom is 0.472 e. The average molecular weight is 672 g/mol. The lowest BCUT2D eigenvalue weighted by Crippen LogP contribution is -2.36. The number of imidazole rings is 2. The van der Waals surface area contributed by atoms with E-state index in [0.717, 1.165) is 0 Å². The monoisotopic (exact) mass is 672 g/mol. The number of nitrogens with one attached hydrogen (secondary N) is 1. The van der Waals surface area contributed by atoms with Gasteiger partial charge in [-0.1, -0.05) is 6.92 Å². The fourth-order valence-corrected chi connectivity index (χ4v) is 7.48. The Morgan fingerprint density at radius 3 is 2.24 bits per heavy atom. The fourth-order valence-electron chi connectivity index (χ4n) is 5.52. The highest BCUT2D eigenvalue weighted by Crippen LogP contribution is 2.54. The van der Waals surface area contributed by atoms with Crippen LogP contribution in [0, 0.1) is 5.92 Å². The Morgan fingerprint density at radius 2 is 1.51 bits per heavy atom. The van der Waals surface area contributed by atoms with E-state index in [2.05, 4.69) is 29.9 Å². The number of hydrogen-bond acceptors (Lipinski definition) is 17.